The van der Waals surface area contributed by atoms with Crippen molar-refractivity contribution >= 4 is 40.4 Å². The van der Waals surface area contributed by atoms with Crippen molar-refractivity contribution in [3.63, 3.8) is 0 Å². The van der Waals surface area contributed by atoms with Crippen LogP contribution in [0.1, 0.15) is 78.5 Å². The number of anilines is 2. The molecule has 2 N–H and O–H groups in total. The zero-order chi connectivity index (χ0) is 44.9. The number of piperidine rings is 2. The van der Waals surface area contributed by atoms with Crippen LogP contribution in [0.15, 0.2) is 48.7 Å². The third-order valence-electron chi connectivity index (χ3n) is 14.2. The predicted octanol–water partition coefficient (Wildman–Crippen LogP) is 5.47. The van der Waals surface area contributed by atoms with Crippen molar-refractivity contribution in [2.24, 2.45) is 13.0 Å². The second-order valence-corrected chi connectivity index (χ2v) is 18.8. The van der Waals surface area contributed by atoms with Crippen molar-refractivity contribution in [1.29, 1.82) is 0 Å². The van der Waals surface area contributed by atoms with Gasteiger partial charge < -0.3 is 14.2 Å². The number of ether oxygens (including phenoxy) is 1. The van der Waals surface area contributed by atoms with Gasteiger partial charge >= 0.3 is 0 Å². The van der Waals surface area contributed by atoms with Gasteiger partial charge in [0.1, 0.15) is 11.6 Å². The average molecular weight is 890 g/mol. The second-order valence-electron chi connectivity index (χ2n) is 18.8. The van der Waals surface area contributed by atoms with E-state index in [-0.39, 0.29) is 24.3 Å². The number of benzene rings is 2. The maximum Gasteiger partial charge on any atom is 0.258 e. The van der Waals surface area contributed by atoms with Gasteiger partial charge in [0.25, 0.3) is 5.91 Å². The molecule has 0 spiro atoms. The number of nitrogens with zero attached hydrogens (tertiary/aromatic N) is 9. The molecule has 8 heterocycles. The van der Waals surface area contributed by atoms with Crippen LogP contribution in [0.4, 0.5) is 20.4 Å². The molecule has 4 saturated heterocycles. The Bertz CT molecular complexity index is 2600. The van der Waals surface area contributed by atoms with Gasteiger partial charge in [0.15, 0.2) is 0 Å². The van der Waals surface area contributed by atoms with Crippen LogP contribution in [0.5, 0.6) is 5.88 Å². The van der Waals surface area contributed by atoms with E-state index in [0.29, 0.717) is 73.0 Å². The zero-order valence-corrected chi connectivity index (χ0v) is 37.4. The molecule has 2 bridgehead atoms. The van der Waals surface area contributed by atoms with E-state index in [4.69, 9.17) is 14.7 Å². The Kier molecular flexibility index (Phi) is 11.9. The number of carbonyl (C=O) groups is 3. The molecule has 342 valence electrons. The highest BCUT2D eigenvalue weighted by Gasteiger charge is 2.38. The van der Waals surface area contributed by atoms with Gasteiger partial charge in [-0.05, 0) is 100.0 Å². The molecule has 0 radical (unpaired) electrons. The number of halogens is 2. The first-order valence-corrected chi connectivity index (χ1v) is 23.2. The summed E-state index contributed by atoms with van der Waals surface area (Å²) in [4.78, 5) is 57.1. The van der Waals surface area contributed by atoms with Gasteiger partial charge in [-0.3, -0.25) is 44.7 Å². The van der Waals surface area contributed by atoms with Gasteiger partial charge in [-0.15, -0.1) is 0 Å². The minimum atomic E-state index is -0.997. The second kappa shape index (κ2) is 17.9. The number of imide groups is 1. The zero-order valence-electron chi connectivity index (χ0n) is 37.4. The lowest BCUT2D eigenvalue weighted by Gasteiger charge is -2.50. The minimum absolute atomic E-state index is 0.0666. The molecule has 2 atom stereocenters. The van der Waals surface area contributed by atoms with Crippen LogP contribution in [0.3, 0.4) is 0 Å². The Hall–Kier alpha value is -5.78. The van der Waals surface area contributed by atoms with Gasteiger partial charge in [0.05, 0.1) is 41.0 Å². The molecule has 3 amide bonds. The highest BCUT2D eigenvalue weighted by atomic mass is 19.1. The molecule has 2 aromatic carbocycles. The molecule has 5 aromatic rings. The topological polar surface area (TPSA) is 146 Å². The predicted molar refractivity (Wildman–Crippen MR) is 242 cm³/mol. The largest absolute Gasteiger partial charge is 0.477 e. The summed E-state index contributed by atoms with van der Waals surface area (Å²) in [7, 11) is 1.85. The number of fused-ring (bicyclic) bond motifs is 7. The smallest absolute Gasteiger partial charge is 0.258 e. The first kappa shape index (κ1) is 43.1. The summed E-state index contributed by atoms with van der Waals surface area (Å²) in [5.41, 5.74) is 5.93. The van der Waals surface area contributed by atoms with Crippen LogP contribution in [0.25, 0.3) is 22.3 Å². The summed E-state index contributed by atoms with van der Waals surface area (Å²) in [6, 6.07) is 13.6. The summed E-state index contributed by atoms with van der Waals surface area (Å²) in [6.07, 6.45) is 5.93. The average Bonchev–Trinajstić information content (AvgIpc) is 3.80. The van der Waals surface area contributed by atoms with E-state index >= 15 is 8.78 Å². The lowest BCUT2D eigenvalue weighted by molar-refractivity contribution is -0.134. The number of aromatic nitrogens is 5. The molecule has 4 fully saturated rings. The number of pyridine rings is 1. The van der Waals surface area contributed by atoms with Crippen molar-refractivity contribution < 1.29 is 27.9 Å². The molecular formula is C48H57F2N11O4. The lowest BCUT2D eigenvalue weighted by Crippen LogP contribution is -2.64. The Balaban J connectivity index is 0.738. The number of amides is 3. The molecule has 17 heteroatoms. The summed E-state index contributed by atoms with van der Waals surface area (Å²) in [5.74, 6) is -2.30. The van der Waals surface area contributed by atoms with E-state index in [2.05, 4.69) is 60.1 Å². The molecule has 5 aliphatic rings. The highest BCUT2D eigenvalue weighted by Crippen LogP contribution is 2.35. The van der Waals surface area contributed by atoms with Crippen LogP contribution in [-0.4, -0.2) is 128 Å². The number of aryl methyl sites for hydroxylation is 2. The molecular weight excluding hydrogens is 833 g/mol. The highest BCUT2D eigenvalue weighted by molar-refractivity contribution is 6.05. The van der Waals surface area contributed by atoms with Crippen LogP contribution >= 0.6 is 0 Å². The van der Waals surface area contributed by atoms with E-state index < -0.39 is 29.4 Å². The first-order valence-electron chi connectivity index (χ1n) is 23.2. The third-order valence-corrected chi connectivity index (χ3v) is 14.2. The number of hydrogen-bond donors (Lipinski definition) is 2. The SMILES string of the molecule is Cc1cc2cc(n1)-c1cnn(C)c1OCCC[C@@H](C)Cn1c(nc3ccc(CN4CCC(N5CCN(C6CN(c7cc(F)c([C@H]8CCC(=O)NC8=O)c(F)c7)C6)CC5)CC4)cc31)NC2=O. The fourth-order valence-corrected chi connectivity index (χ4v) is 10.6. The number of rotatable bonds is 6. The van der Waals surface area contributed by atoms with E-state index in [1.807, 2.05) is 18.9 Å². The Morgan fingerprint density at radius 1 is 0.831 bits per heavy atom. The third kappa shape index (κ3) is 8.85. The first-order chi connectivity index (χ1) is 31.4. The maximum atomic E-state index is 15.2. The van der Waals surface area contributed by atoms with Gasteiger partial charge in [-0.1, -0.05) is 13.0 Å². The summed E-state index contributed by atoms with van der Waals surface area (Å²) >= 11 is 0. The Morgan fingerprint density at radius 3 is 2.31 bits per heavy atom. The van der Waals surface area contributed by atoms with Crippen molar-refractivity contribution in [2.45, 2.75) is 83.5 Å². The Labute approximate surface area is 377 Å². The van der Waals surface area contributed by atoms with Crippen molar-refractivity contribution in [1.82, 2.24) is 44.3 Å². The number of imidazole rings is 1. The van der Waals surface area contributed by atoms with Gasteiger partial charge in [0.2, 0.25) is 23.6 Å². The van der Waals surface area contributed by atoms with Crippen LogP contribution < -0.4 is 20.3 Å². The fraction of sp³-hybridized carbons (Fsp3) is 0.500. The fourth-order valence-electron chi connectivity index (χ4n) is 10.6. The lowest BCUT2D eigenvalue weighted by atomic mass is 9.89. The van der Waals surface area contributed by atoms with Crippen molar-refractivity contribution in [3.8, 4) is 17.1 Å². The van der Waals surface area contributed by atoms with E-state index in [0.717, 1.165) is 93.8 Å². The summed E-state index contributed by atoms with van der Waals surface area (Å²) in [6.45, 7) is 13.6. The molecule has 15 nitrogen and oxygen atoms in total. The van der Waals surface area contributed by atoms with Crippen LogP contribution in [-0.2, 0) is 29.7 Å². The Morgan fingerprint density at radius 2 is 1.57 bits per heavy atom. The van der Waals surface area contributed by atoms with Crippen molar-refractivity contribution in [2.75, 3.05) is 69.2 Å². The standard InChI is InChI=1S/C48H57F2N11O4/c1-29-5-4-18-65-47-37(24-51-56(47)3)41-21-32(19-30(2)52-41)45(63)55-48-53-40-8-6-31(20-42(40)61(48)25-29)26-57-12-10-33(11-13-57)58-14-16-59(17-15-58)35-27-60(28-35)34-22-38(49)44(39(50)23-34)36-7-9-43(62)54-46(36)64/h6,8,19-24,29,33,35-36H,4-5,7,9-18,25-28H2,1-3H3,(H,53,55,63)(H,54,62,64)/t29-,36-/m1/s1. The molecule has 10 rings (SSSR count). The number of piperazine rings is 1. The quantitative estimate of drug-likeness (QED) is 0.210. The van der Waals surface area contributed by atoms with Gasteiger partial charge in [-0.2, -0.15) is 5.10 Å². The maximum absolute atomic E-state index is 15.2. The van der Waals surface area contributed by atoms with E-state index in [9.17, 15) is 14.4 Å². The molecule has 0 unspecified atom stereocenters. The van der Waals surface area contributed by atoms with Crippen LogP contribution in [0.2, 0.25) is 0 Å². The number of carbonyl (C=O) groups excluding carboxylic acids is 3. The number of likely N-dealkylation sites (tertiary alicyclic amines) is 1. The van der Waals surface area contributed by atoms with Gasteiger partial charge in [-0.25, -0.2) is 18.4 Å². The van der Waals surface area contributed by atoms with Crippen molar-refractivity contribution in [3.05, 3.63) is 82.7 Å². The van der Waals surface area contributed by atoms with Gasteiger partial charge in [0, 0.05) is 100 Å². The molecule has 5 aliphatic heterocycles. The summed E-state index contributed by atoms with van der Waals surface area (Å²) in [5, 5.41) is 9.77. The monoisotopic (exact) mass is 889 g/mol. The number of hydrogen-bond acceptors (Lipinski definition) is 11. The molecule has 3 aromatic heterocycles. The normalized spacial score (nSPS) is 22.4. The van der Waals surface area contributed by atoms with Crippen LogP contribution in [0, 0.1) is 24.5 Å². The van der Waals surface area contributed by atoms with E-state index in [1.165, 1.54) is 17.7 Å². The number of nitrogens with one attached hydrogen (secondary N) is 2. The minimum Gasteiger partial charge on any atom is -0.477 e. The molecule has 65 heavy (non-hydrogen) atoms. The van der Waals surface area contributed by atoms with E-state index in [1.54, 1.807) is 23.0 Å². The molecule has 0 aliphatic carbocycles. The summed E-state index contributed by atoms with van der Waals surface area (Å²) < 4.78 is 40.5. The molecule has 0 saturated carbocycles.